The van der Waals surface area contributed by atoms with E-state index in [0.717, 1.165) is 37.2 Å². The summed E-state index contributed by atoms with van der Waals surface area (Å²) < 4.78 is 18.8. The van der Waals surface area contributed by atoms with Crippen LogP contribution < -0.4 is 15.5 Å². The van der Waals surface area contributed by atoms with Crippen LogP contribution in [0, 0.1) is 12.7 Å². The Morgan fingerprint density at radius 2 is 2.17 bits per heavy atom. The second kappa shape index (κ2) is 8.80. The molecule has 1 saturated heterocycles. The lowest BCUT2D eigenvalue weighted by Crippen LogP contribution is -2.51. The first kappa shape index (κ1) is 21.1. The number of anilines is 1. The van der Waals surface area contributed by atoms with Gasteiger partial charge in [-0.25, -0.2) is 4.39 Å². The van der Waals surface area contributed by atoms with Crippen molar-refractivity contribution in [1.82, 2.24) is 20.8 Å². The molecule has 0 aliphatic carbocycles. The second-order valence-corrected chi connectivity index (χ2v) is 8.55. The fourth-order valence-corrected chi connectivity index (χ4v) is 3.47. The molecule has 0 radical (unpaired) electrons. The van der Waals surface area contributed by atoms with E-state index >= 15 is 0 Å². The van der Waals surface area contributed by atoms with Crippen molar-refractivity contribution in [2.24, 2.45) is 4.99 Å². The minimum absolute atomic E-state index is 0.171. The van der Waals surface area contributed by atoms with Crippen molar-refractivity contribution in [1.29, 1.82) is 0 Å². The second-order valence-electron chi connectivity index (χ2n) is 8.55. The predicted molar refractivity (Wildman–Crippen MR) is 113 cm³/mol. The Bertz CT molecular complexity index is 857. The maximum Gasteiger partial charge on any atom is 0.232 e. The molecule has 3 rings (SSSR count). The lowest BCUT2D eigenvalue weighted by atomic mass is 9.97. The van der Waals surface area contributed by atoms with Crippen LogP contribution in [-0.4, -0.2) is 42.3 Å². The summed E-state index contributed by atoms with van der Waals surface area (Å²) in [5.74, 6) is 1.73. The summed E-state index contributed by atoms with van der Waals surface area (Å²) in [5.41, 5.74) is 1.87. The van der Waals surface area contributed by atoms with Gasteiger partial charge < -0.3 is 20.1 Å². The lowest BCUT2D eigenvalue weighted by molar-refractivity contribution is 0.318. The SMILES string of the molecule is CN=C(NCc1noc(C(C)(C)C)n1)NC1CCCN(c2ccc(F)cc2C)C1. The van der Waals surface area contributed by atoms with Gasteiger partial charge in [0.15, 0.2) is 11.8 Å². The average molecular weight is 403 g/mol. The third kappa shape index (κ3) is 5.46. The van der Waals surface area contributed by atoms with E-state index < -0.39 is 0 Å². The zero-order valence-corrected chi connectivity index (χ0v) is 17.9. The monoisotopic (exact) mass is 402 g/mol. The average Bonchev–Trinajstić information content (AvgIpc) is 3.15. The number of aliphatic imine (C=N–C) groups is 1. The molecule has 0 spiro atoms. The number of hydrogen-bond donors (Lipinski definition) is 2. The van der Waals surface area contributed by atoms with Gasteiger partial charge in [-0.3, -0.25) is 4.99 Å². The summed E-state index contributed by atoms with van der Waals surface area (Å²) in [6, 6.07) is 5.22. The van der Waals surface area contributed by atoms with Crippen molar-refractivity contribution in [3.8, 4) is 0 Å². The highest BCUT2D eigenvalue weighted by Crippen LogP contribution is 2.24. The molecular weight excluding hydrogens is 371 g/mol. The largest absolute Gasteiger partial charge is 0.369 e. The molecule has 0 bridgehead atoms. The number of rotatable bonds is 4. The van der Waals surface area contributed by atoms with Gasteiger partial charge in [-0.1, -0.05) is 25.9 Å². The third-order valence-electron chi connectivity index (χ3n) is 5.01. The highest BCUT2D eigenvalue weighted by molar-refractivity contribution is 5.80. The van der Waals surface area contributed by atoms with Crippen LogP contribution in [0.15, 0.2) is 27.7 Å². The van der Waals surface area contributed by atoms with Gasteiger partial charge in [-0.2, -0.15) is 4.98 Å². The Morgan fingerprint density at radius 1 is 1.38 bits per heavy atom. The first-order valence-corrected chi connectivity index (χ1v) is 10.1. The van der Waals surface area contributed by atoms with Crippen LogP contribution in [0.5, 0.6) is 0 Å². The van der Waals surface area contributed by atoms with Gasteiger partial charge in [0.1, 0.15) is 5.82 Å². The maximum absolute atomic E-state index is 13.4. The van der Waals surface area contributed by atoms with E-state index in [9.17, 15) is 4.39 Å². The number of benzene rings is 1. The number of aromatic nitrogens is 2. The standard InChI is InChI=1S/C21H31FN6O/c1-14-11-15(22)8-9-17(14)28-10-6-7-16(13-28)25-20(23-5)24-12-18-26-19(29-27-18)21(2,3)4/h8-9,11,16H,6-7,10,12-13H2,1-5H3,(H2,23,24,25). The van der Waals surface area contributed by atoms with Crippen LogP contribution in [0.2, 0.25) is 0 Å². The van der Waals surface area contributed by atoms with Gasteiger partial charge in [0.2, 0.25) is 5.89 Å². The minimum Gasteiger partial charge on any atom is -0.369 e. The number of hydrogen-bond acceptors (Lipinski definition) is 5. The molecule has 1 aromatic heterocycles. The first-order valence-electron chi connectivity index (χ1n) is 10.1. The zero-order chi connectivity index (χ0) is 21.0. The van der Waals surface area contributed by atoms with E-state index in [1.807, 2.05) is 33.8 Å². The molecular formula is C21H31FN6O. The zero-order valence-electron chi connectivity index (χ0n) is 17.9. The van der Waals surface area contributed by atoms with Crippen molar-refractivity contribution in [3.05, 3.63) is 41.3 Å². The van der Waals surface area contributed by atoms with Crippen LogP contribution in [0.25, 0.3) is 0 Å². The van der Waals surface area contributed by atoms with Gasteiger partial charge in [0.25, 0.3) is 0 Å². The molecule has 8 heteroatoms. The van der Waals surface area contributed by atoms with E-state index in [1.54, 1.807) is 13.1 Å². The highest BCUT2D eigenvalue weighted by atomic mass is 19.1. The predicted octanol–water partition coefficient (Wildman–Crippen LogP) is 3.15. The highest BCUT2D eigenvalue weighted by Gasteiger charge is 2.23. The molecule has 1 atom stereocenters. The number of halogens is 1. The summed E-state index contributed by atoms with van der Waals surface area (Å²) in [6.45, 7) is 10.3. The molecule has 1 aromatic carbocycles. The van der Waals surface area contributed by atoms with E-state index in [1.165, 1.54) is 6.07 Å². The lowest BCUT2D eigenvalue weighted by Gasteiger charge is -2.36. The molecule has 1 aliphatic heterocycles. The van der Waals surface area contributed by atoms with E-state index in [0.29, 0.717) is 24.2 Å². The van der Waals surface area contributed by atoms with Crippen LogP contribution in [0.4, 0.5) is 10.1 Å². The molecule has 29 heavy (non-hydrogen) atoms. The molecule has 2 aromatic rings. The Labute approximate surface area is 171 Å². The Morgan fingerprint density at radius 3 is 2.83 bits per heavy atom. The van der Waals surface area contributed by atoms with Crippen molar-refractivity contribution >= 4 is 11.6 Å². The normalized spacial score (nSPS) is 18.1. The summed E-state index contributed by atoms with van der Waals surface area (Å²) in [5, 5.41) is 10.8. The Kier molecular flexibility index (Phi) is 6.39. The molecule has 1 aliphatic rings. The molecule has 0 amide bonds. The van der Waals surface area contributed by atoms with Gasteiger partial charge in [-0.15, -0.1) is 0 Å². The van der Waals surface area contributed by atoms with Gasteiger partial charge in [0.05, 0.1) is 6.54 Å². The summed E-state index contributed by atoms with van der Waals surface area (Å²) in [6.07, 6.45) is 2.11. The van der Waals surface area contributed by atoms with Crippen molar-refractivity contribution in [2.75, 3.05) is 25.0 Å². The van der Waals surface area contributed by atoms with Gasteiger partial charge in [0, 0.05) is 37.3 Å². The Hall–Kier alpha value is -2.64. The smallest absolute Gasteiger partial charge is 0.232 e. The van der Waals surface area contributed by atoms with Gasteiger partial charge >= 0.3 is 0 Å². The van der Waals surface area contributed by atoms with Crippen LogP contribution in [0.1, 0.15) is 50.9 Å². The summed E-state index contributed by atoms with van der Waals surface area (Å²) >= 11 is 0. The number of aryl methyl sites for hydroxylation is 1. The molecule has 2 N–H and O–H groups in total. The first-order chi connectivity index (χ1) is 13.8. The fraction of sp³-hybridized carbons (Fsp3) is 0.571. The molecule has 1 fully saturated rings. The fourth-order valence-electron chi connectivity index (χ4n) is 3.47. The molecule has 1 unspecified atom stereocenters. The third-order valence-corrected chi connectivity index (χ3v) is 5.01. The summed E-state index contributed by atoms with van der Waals surface area (Å²) in [4.78, 5) is 11.1. The molecule has 7 nitrogen and oxygen atoms in total. The maximum atomic E-state index is 13.4. The number of guanidine groups is 1. The molecule has 0 saturated carbocycles. The number of nitrogens with zero attached hydrogens (tertiary/aromatic N) is 4. The van der Waals surface area contributed by atoms with Crippen LogP contribution >= 0.6 is 0 Å². The van der Waals surface area contributed by atoms with Crippen molar-refractivity contribution < 1.29 is 8.91 Å². The van der Waals surface area contributed by atoms with Crippen LogP contribution in [-0.2, 0) is 12.0 Å². The molecule has 2 heterocycles. The van der Waals surface area contributed by atoms with Crippen molar-refractivity contribution in [3.63, 3.8) is 0 Å². The van der Waals surface area contributed by atoms with Crippen molar-refractivity contribution in [2.45, 2.75) is 58.5 Å². The Balaban J connectivity index is 1.57. The van der Waals surface area contributed by atoms with Gasteiger partial charge in [-0.05, 0) is 43.5 Å². The minimum atomic E-state index is -0.196. The summed E-state index contributed by atoms with van der Waals surface area (Å²) in [7, 11) is 1.75. The van der Waals surface area contributed by atoms with E-state index in [4.69, 9.17) is 4.52 Å². The molecule has 158 valence electrons. The number of piperidine rings is 1. The van der Waals surface area contributed by atoms with E-state index in [-0.39, 0.29) is 17.3 Å². The number of nitrogens with one attached hydrogen (secondary N) is 2. The topological polar surface area (TPSA) is 78.6 Å². The van der Waals surface area contributed by atoms with Crippen LogP contribution in [0.3, 0.4) is 0 Å². The quantitative estimate of drug-likeness (QED) is 0.604. The van der Waals surface area contributed by atoms with E-state index in [2.05, 4.69) is 30.7 Å².